The number of H-pyrrole nitrogens is 1. The van der Waals surface area contributed by atoms with Crippen LogP contribution in [0.5, 0.6) is 5.75 Å². The monoisotopic (exact) mass is 609 g/mol. The SMILES string of the molecule is CCOC(=O)C(C)(C)N[P@@](=O)(OC[C@H]1O[C@@H](n2c(=O)cc[nH]c2=O)[C@](Cl)(Br)[C@@H]1O)Oc1ccccc1. The minimum atomic E-state index is -4.31. The molecule has 1 fully saturated rings. The van der Waals surface area contributed by atoms with E-state index in [-0.39, 0.29) is 12.4 Å². The average Bonchev–Trinajstić information content (AvgIpc) is 3.01. The summed E-state index contributed by atoms with van der Waals surface area (Å²) in [4.78, 5) is 39.2. The maximum atomic E-state index is 13.7. The Balaban J connectivity index is 1.85. The smallest absolute Gasteiger partial charge is 0.459 e. The third-order valence-electron chi connectivity index (χ3n) is 5.08. The van der Waals surface area contributed by atoms with E-state index in [1.807, 2.05) is 0 Å². The lowest BCUT2D eigenvalue weighted by Crippen LogP contribution is -2.47. The van der Waals surface area contributed by atoms with Crippen LogP contribution in [0, 0.1) is 0 Å². The van der Waals surface area contributed by atoms with Crippen molar-refractivity contribution in [3.05, 3.63) is 63.4 Å². The van der Waals surface area contributed by atoms with Crippen molar-refractivity contribution in [2.24, 2.45) is 0 Å². The molecule has 1 aliphatic heterocycles. The van der Waals surface area contributed by atoms with Crippen molar-refractivity contribution in [1.82, 2.24) is 14.6 Å². The Kier molecular flexibility index (Phi) is 8.87. The van der Waals surface area contributed by atoms with Crippen LogP contribution in [0.4, 0.5) is 0 Å². The molecule has 1 saturated heterocycles. The van der Waals surface area contributed by atoms with Crippen LogP contribution in [-0.2, 0) is 23.4 Å². The summed E-state index contributed by atoms with van der Waals surface area (Å²) in [6.07, 6.45) is -3.08. The van der Waals surface area contributed by atoms with Crippen LogP contribution >= 0.6 is 35.3 Å². The van der Waals surface area contributed by atoms with Gasteiger partial charge in [-0.3, -0.25) is 14.1 Å². The third-order valence-corrected chi connectivity index (χ3v) is 8.13. The van der Waals surface area contributed by atoms with Crippen molar-refractivity contribution in [3.8, 4) is 5.75 Å². The number of aromatic nitrogens is 2. The number of carbonyl (C=O) groups is 1. The van der Waals surface area contributed by atoms with Crippen LogP contribution in [0.15, 0.2) is 52.2 Å². The minimum Gasteiger partial charge on any atom is -0.465 e. The van der Waals surface area contributed by atoms with E-state index in [4.69, 9.17) is 30.1 Å². The average molecular weight is 611 g/mol. The highest BCUT2D eigenvalue weighted by atomic mass is 79.9. The molecule has 198 valence electrons. The fraction of sp³-hybridized carbons (Fsp3) is 0.476. The summed E-state index contributed by atoms with van der Waals surface area (Å²) in [5, 5.41) is 13.3. The fourth-order valence-corrected chi connectivity index (χ4v) is 5.90. The number of hydrogen-bond acceptors (Lipinski definition) is 9. The van der Waals surface area contributed by atoms with E-state index in [1.165, 1.54) is 26.0 Å². The third kappa shape index (κ3) is 6.28. The van der Waals surface area contributed by atoms with E-state index in [2.05, 4.69) is 26.0 Å². The van der Waals surface area contributed by atoms with Crippen molar-refractivity contribution in [1.29, 1.82) is 0 Å². The van der Waals surface area contributed by atoms with Crippen LogP contribution in [-0.4, -0.2) is 55.4 Å². The van der Waals surface area contributed by atoms with Gasteiger partial charge in [-0.15, -0.1) is 0 Å². The molecule has 0 bridgehead atoms. The molecule has 15 heteroatoms. The highest BCUT2D eigenvalue weighted by molar-refractivity contribution is 9.10. The van der Waals surface area contributed by atoms with Gasteiger partial charge in [0.2, 0.25) is 0 Å². The fourth-order valence-electron chi connectivity index (χ4n) is 3.32. The van der Waals surface area contributed by atoms with Crippen LogP contribution in [0.3, 0.4) is 0 Å². The van der Waals surface area contributed by atoms with Crippen LogP contribution in [0.2, 0.25) is 0 Å². The second-order valence-corrected chi connectivity index (χ2v) is 12.3. The molecule has 2 heterocycles. The second kappa shape index (κ2) is 11.2. The molecule has 5 atom stereocenters. The highest BCUT2D eigenvalue weighted by Gasteiger charge is 2.56. The molecule has 1 aliphatic rings. The summed E-state index contributed by atoms with van der Waals surface area (Å²) in [6, 6.07) is 9.16. The van der Waals surface area contributed by atoms with E-state index in [9.17, 15) is 24.1 Å². The zero-order valence-corrected chi connectivity index (χ0v) is 22.8. The van der Waals surface area contributed by atoms with Gasteiger partial charge in [0.05, 0.1) is 13.2 Å². The minimum absolute atomic E-state index is 0.0964. The lowest BCUT2D eigenvalue weighted by atomic mass is 10.1. The largest absolute Gasteiger partial charge is 0.465 e. The summed E-state index contributed by atoms with van der Waals surface area (Å²) in [6.45, 7) is 4.03. The number of halogens is 2. The van der Waals surface area contributed by atoms with Gasteiger partial charge in [-0.1, -0.05) is 45.7 Å². The van der Waals surface area contributed by atoms with Crippen molar-refractivity contribution < 1.29 is 33.0 Å². The summed E-state index contributed by atoms with van der Waals surface area (Å²) in [5.74, 6) is -0.529. The molecular weight excluding hydrogens is 585 g/mol. The zero-order valence-electron chi connectivity index (χ0n) is 19.6. The Morgan fingerprint density at radius 1 is 1.33 bits per heavy atom. The summed E-state index contributed by atoms with van der Waals surface area (Å²) >= 11 is 9.54. The topological polar surface area (TPSA) is 158 Å². The molecule has 12 nitrogen and oxygen atoms in total. The van der Waals surface area contributed by atoms with Gasteiger partial charge < -0.3 is 24.1 Å². The number of esters is 1. The maximum Gasteiger partial charge on any atom is 0.459 e. The van der Waals surface area contributed by atoms with Crippen LogP contribution in [0.25, 0.3) is 0 Å². The molecule has 0 unspecified atom stereocenters. The standard InChI is InChI=1S/C21H26BrClN3O9P/c1-4-32-18(29)20(2,3)25-36(31,35-13-8-6-5-7-9-13)33-12-14-16(28)21(22,23)17(34-14)26-15(27)10-11-24-19(26)30/h5-11,14,16-17,28H,4,12H2,1-3H3,(H,24,30)(H,25,31)/t14-,16-,17-,21+,36-/m1/s1. The Labute approximate surface area is 219 Å². The normalized spacial score (nSPS) is 25.8. The van der Waals surface area contributed by atoms with Gasteiger partial charge in [0.25, 0.3) is 5.56 Å². The molecule has 1 aromatic carbocycles. The summed E-state index contributed by atoms with van der Waals surface area (Å²) < 4.78 is 34.5. The van der Waals surface area contributed by atoms with Gasteiger partial charge in [0, 0.05) is 12.3 Å². The predicted octanol–water partition coefficient (Wildman–Crippen LogP) is 2.26. The quantitative estimate of drug-likeness (QED) is 0.207. The van der Waals surface area contributed by atoms with Gasteiger partial charge in [-0.25, -0.2) is 13.9 Å². The van der Waals surface area contributed by atoms with Crippen molar-refractivity contribution in [2.45, 2.75) is 48.5 Å². The Morgan fingerprint density at radius 2 is 2.00 bits per heavy atom. The molecule has 1 aromatic heterocycles. The first-order valence-corrected chi connectivity index (χ1v) is 13.5. The number of alkyl halides is 2. The predicted molar refractivity (Wildman–Crippen MR) is 133 cm³/mol. The number of carbonyl (C=O) groups excluding carboxylic acids is 1. The second-order valence-electron chi connectivity index (χ2n) is 8.29. The van der Waals surface area contributed by atoms with Gasteiger partial charge in [-0.05, 0) is 32.9 Å². The van der Waals surface area contributed by atoms with Crippen molar-refractivity contribution in [3.63, 3.8) is 0 Å². The van der Waals surface area contributed by atoms with Crippen molar-refractivity contribution >= 4 is 41.2 Å². The van der Waals surface area contributed by atoms with Gasteiger partial charge >= 0.3 is 19.4 Å². The number of hydrogen-bond donors (Lipinski definition) is 3. The number of aromatic amines is 1. The molecule has 0 radical (unpaired) electrons. The zero-order chi connectivity index (χ0) is 26.7. The molecule has 3 rings (SSSR count). The molecule has 0 aliphatic carbocycles. The number of nitrogens with zero attached hydrogens (tertiary/aromatic N) is 1. The number of aliphatic hydroxyl groups excluding tert-OH is 1. The van der Waals surface area contributed by atoms with Crippen molar-refractivity contribution in [2.75, 3.05) is 13.2 Å². The number of ether oxygens (including phenoxy) is 2. The molecule has 3 N–H and O–H groups in total. The molecule has 0 amide bonds. The number of nitrogens with one attached hydrogen (secondary N) is 2. The molecular formula is C21H26BrClN3O9P. The van der Waals surface area contributed by atoms with E-state index < -0.39 is 59.3 Å². The molecule has 0 spiro atoms. The van der Waals surface area contributed by atoms with Crippen LogP contribution in [0.1, 0.15) is 27.0 Å². The maximum absolute atomic E-state index is 13.7. The highest BCUT2D eigenvalue weighted by Crippen LogP contribution is 2.50. The van der Waals surface area contributed by atoms with E-state index in [1.54, 1.807) is 25.1 Å². The van der Waals surface area contributed by atoms with Crippen LogP contribution < -0.4 is 20.9 Å². The Bertz CT molecular complexity index is 1210. The lowest BCUT2D eigenvalue weighted by molar-refractivity contribution is -0.149. The first-order chi connectivity index (χ1) is 16.8. The number of para-hydroxylation sites is 1. The Morgan fingerprint density at radius 3 is 2.61 bits per heavy atom. The van der Waals surface area contributed by atoms with E-state index in [0.29, 0.717) is 4.57 Å². The van der Waals surface area contributed by atoms with Gasteiger partial charge in [0.15, 0.2) is 10.0 Å². The van der Waals surface area contributed by atoms with E-state index in [0.717, 1.165) is 12.3 Å². The first-order valence-electron chi connectivity index (χ1n) is 10.8. The summed E-state index contributed by atoms with van der Waals surface area (Å²) in [5.41, 5.74) is -3.03. The molecule has 0 saturated carbocycles. The number of rotatable bonds is 10. The Hall–Kier alpha value is -1.99. The summed E-state index contributed by atoms with van der Waals surface area (Å²) in [7, 11) is -4.31. The lowest BCUT2D eigenvalue weighted by Gasteiger charge is -2.29. The molecule has 2 aromatic rings. The molecule has 36 heavy (non-hydrogen) atoms. The van der Waals surface area contributed by atoms with Gasteiger partial charge in [0.1, 0.15) is 23.5 Å². The number of benzene rings is 1. The van der Waals surface area contributed by atoms with E-state index >= 15 is 0 Å². The first kappa shape index (κ1) is 28.6. The number of aliphatic hydroxyl groups is 1. The van der Waals surface area contributed by atoms with Gasteiger partial charge in [-0.2, -0.15) is 5.09 Å².